The summed E-state index contributed by atoms with van der Waals surface area (Å²) in [6, 6.07) is 4.90. The van der Waals surface area contributed by atoms with Crippen LogP contribution in [0.4, 0.5) is 0 Å². The summed E-state index contributed by atoms with van der Waals surface area (Å²) in [7, 11) is -1.10. The Labute approximate surface area is 122 Å². The zero-order valence-electron chi connectivity index (χ0n) is 11.1. The Morgan fingerprint density at radius 2 is 2.00 bits per heavy atom. The molecule has 0 spiro atoms. The number of imidazole rings is 1. The Balaban J connectivity index is 2.41. The van der Waals surface area contributed by atoms with Crippen LogP contribution in [-0.4, -0.2) is 25.1 Å². The maximum atomic E-state index is 12.2. The average Bonchev–Trinajstić information content (AvgIpc) is 2.72. The van der Waals surface area contributed by atoms with Crippen molar-refractivity contribution in [2.24, 2.45) is 7.05 Å². The van der Waals surface area contributed by atoms with Gasteiger partial charge in [0.15, 0.2) is 16.7 Å². The Bertz CT molecular complexity index is 740. The van der Waals surface area contributed by atoms with Gasteiger partial charge in [-0.05, 0) is 24.6 Å². The Morgan fingerprint density at radius 1 is 1.30 bits per heavy atom. The highest BCUT2D eigenvalue weighted by atomic mass is 35.5. The van der Waals surface area contributed by atoms with Crippen LogP contribution in [0.1, 0.15) is 5.56 Å². The fourth-order valence-electron chi connectivity index (χ4n) is 1.56. The molecule has 20 heavy (non-hydrogen) atoms. The van der Waals surface area contributed by atoms with Gasteiger partial charge in [0, 0.05) is 7.05 Å². The third kappa shape index (κ3) is 2.73. The number of methoxy groups -OCH3 is 1. The van der Waals surface area contributed by atoms with Crippen molar-refractivity contribution >= 4 is 21.7 Å². The van der Waals surface area contributed by atoms with Gasteiger partial charge in [0.25, 0.3) is 0 Å². The third-order valence-electron chi connectivity index (χ3n) is 2.59. The van der Waals surface area contributed by atoms with Gasteiger partial charge in [-0.1, -0.05) is 17.7 Å². The maximum absolute atomic E-state index is 12.2. The van der Waals surface area contributed by atoms with Gasteiger partial charge in [-0.25, -0.2) is 4.98 Å². The lowest BCUT2D eigenvalue weighted by atomic mass is 10.2. The van der Waals surface area contributed by atoms with Crippen LogP contribution in [0.3, 0.4) is 0 Å². The SMILES string of the molecule is COc1cc(C)ccc1OS(=O)(=O)c1ncn(C)c1Cl. The van der Waals surface area contributed by atoms with Crippen LogP contribution in [0.5, 0.6) is 11.5 Å². The van der Waals surface area contributed by atoms with Gasteiger partial charge in [-0.3, -0.25) is 0 Å². The van der Waals surface area contributed by atoms with Gasteiger partial charge in [0.2, 0.25) is 5.03 Å². The molecular formula is C12H13ClN2O4S. The summed E-state index contributed by atoms with van der Waals surface area (Å²) in [5.41, 5.74) is 0.919. The molecule has 8 heteroatoms. The molecule has 0 unspecified atom stereocenters. The van der Waals surface area contributed by atoms with Gasteiger partial charge >= 0.3 is 10.1 Å². The molecule has 0 bridgehead atoms. The minimum absolute atomic E-state index is 0.0175. The lowest BCUT2D eigenvalue weighted by molar-refractivity contribution is 0.390. The molecule has 0 aliphatic carbocycles. The fraction of sp³-hybridized carbons (Fsp3) is 0.250. The topological polar surface area (TPSA) is 70.4 Å². The van der Waals surface area contributed by atoms with Crippen LogP contribution in [0.25, 0.3) is 0 Å². The van der Waals surface area contributed by atoms with Crippen molar-refractivity contribution in [3.63, 3.8) is 0 Å². The van der Waals surface area contributed by atoms with E-state index in [-0.39, 0.29) is 15.9 Å². The van der Waals surface area contributed by atoms with Crippen molar-refractivity contribution < 1.29 is 17.3 Å². The van der Waals surface area contributed by atoms with E-state index in [0.29, 0.717) is 5.75 Å². The third-order valence-corrected chi connectivity index (χ3v) is 4.32. The molecule has 0 atom stereocenters. The number of ether oxygens (including phenoxy) is 1. The van der Waals surface area contributed by atoms with E-state index in [1.165, 1.54) is 24.1 Å². The van der Waals surface area contributed by atoms with E-state index >= 15 is 0 Å². The Hall–Kier alpha value is -1.73. The van der Waals surface area contributed by atoms with Gasteiger partial charge in [-0.15, -0.1) is 0 Å². The molecule has 0 amide bonds. The number of rotatable bonds is 4. The summed E-state index contributed by atoms with van der Waals surface area (Å²) < 4.78 is 35.8. The number of benzene rings is 1. The number of hydrogen-bond donors (Lipinski definition) is 0. The van der Waals surface area contributed by atoms with Crippen molar-refractivity contribution in [1.82, 2.24) is 9.55 Å². The summed E-state index contributed by atoms with van der Waals surface area (Å²) in [5, 5.41) is -0.347. The molecule has 0 N–H and O–H groups in total. The van der Waals surface area contributed by atoms with Crippen LogP contribution >= 0.6 is 11.6 Å². The summed E-state index contributed by atoms with van der Waals surface area (Å²) >= 11 is 5.87. The zero-order valence-corrected chi connectivity index (χ0v) is 12.7. The first-order chi connectivity index (χ1) is 9.35. The van der Waals surface area contributed by atoms with Crippen LogP contribution in [0, 0.1) is 6.92 Å². The van der Waals surface area contributed by atoms with E-state index in [2.05, 4.69) is 4.98 Å². The van der Waals surface area contributed by atoms with Crippen molar-refractivity contribution in [3.05, 3.63) is 35.2 Å². The lowest BCUT2D eigenvalue weighted by Crippen LogP contribution is -2.11. The number of nitrogens with zero attached hydrogens (tertiary/aromatic N) is 2. The molecule has 1 aromatic carbocycles. The highest BCUT2D eigenvalue weighted by molar-refractivity contribution is 7.87. The average molecular weight is 317 g/mol. The standard InChI is InChI=1S/C12H13ClN2O4S/c1-8-4-5-9(10(6-8)18-3)19-20(16,17)12-11(13)15(2)7-14-12/h4-7H,1-3H3. The van der Waals surface area contributed by atoms with E-state index < -0.39 is 10.1 Å². The van der Waals surface area contributed by atoms with Crippen molar-refractivity contribution in [1.29, 1.82) is 0 Å². The second-order valence-corrected chi connectivity index (χ2v) is 5.96. The molecule has 0 aliphatic rings. The molecule has 0 saturated heterocycles. The minimum atomic E-state index is -4.11. The van der Waals surface area contributed by atoms with E-state index in [9.17, 15) is 8.42 Å². The summed E-state index contributed by atoms with van der Waals surface area (Å²) in [4.78, 5) is 3.73. The highest BCUT2D eigenvalue weighted by Gasteiger charge is 2.26. The molecule has 1 heterocycles. The predicted molar refractivity (Wildman–Crippen MR) is 73.8 cm³/mol. The monoisotopic (exact) mass is 316 g/mol. The van der Waals surface area contributed by atoms with Crippen molar-refractivity contribution in [2.75, 3.05) is 7.11 Å². The van der Waals surface area contributed by atoms with E-state index in [1.54, 1.807) is 19.2 Å². The number of halogens is 1. The molecule has 108 valence electrons. The van der Waals surface area contributed by atoms with Crippen molar-refractivity contribution in [2.45, 2.75) is 11.9 Å². The smallest absolute Gasteiger partial charge is 0.360 e. The second-order valence-electron chi connectivity index (χ2n) is 4.14. The Kier molecular flexibility index (Phi) is 3.92. The molecule has 0 saturated carbocycles. The van der Waals surface area contributed by atoms with Gasteiger partial charge in [0.05, 0.1) is 13.4 Å². The maximum Gasteiger partial charge on any atom is 0.360 e. The molecule has 0 radical (unpaired) electrons. The molecule has 2 aromatic rings. The molecule has 0 fully saturated rings. The fourth-order valence-corrected chi connectivity index (χ4v) is 2.92. The number of aryl methyl sites for hydroxylation is 2. The number of hydrogen-bond acceptors (Lipinski definition) is 5. The first kappa shape index (κ1) is 14.7. The Morgan fingerprint density at radius 3 is 2.55 bits per heavy atom. The van der Waals surface area contributed by atoms with E-state index in [4.69, 9.17) is 20.5 Å². The lowest BCUT2D eigenvalue weighted by Gasteiger charge is -2.10. The van der Waals surface area contributed by atoms with Crippen LogP contribution in [-0.2, 0) is 17.2 Å². The highest BCUT2D eigenvalue weighted by Crippen LogP contribution is 2.31. The first-order valence-electron chi connectivity index (χ1n) is 5.61. The van der Waals surface area contributed by atoms with Gasteiger partial charge < -0.3 is 13.5 Å². The van der Waals surface area contributed by atoms with Gasteiger partial charge in [0.1, 0.15) is 0 Å². The summed E-state index contributed by atoms with van der Waals surface area (Å²) in [6.07, 6.45) is 1.30. The predicted octanol–water partition coefficient (Wildman–Crippen LogP) is 2.16. The quantitative estimate of drug-likeness (QED) is 0.808. The number of aromatic nitrogens is 2. The first-order valence-corrected chi connectivity index (χ1v) is 7.39. The molecule has 2 rings (SSSR count). The minimum Gasteiger partial charge on any atom is -0.493 e. The van der Waals surface area contributed by atoms with Crippen LogP contribution in [0.2, 0.25) is 5.15 Å². The van der Waals surface area contributed by atoms with Crippen LogP contribution < -0.4 is 8.92 Å². The molecular weight excluding hydrogens is 304 g/mol. The molecule has 1 aromatic heterocycles. The molecule has 0 aliphatic heterocycles. The van der Waals surface area contributed by atoms with Crippen molar-refractivity contribution in [3.8, 4) is 11.5 Å². The van der Waals surface area contributed by atoms with Gasteiger partial charge in [-0.2, -0.15) is 8.42 Å². The second kappa shape index (κ2) is 5.34. The normalized spacial score (nSPS) is 11.4. The largest absolute Gasteiger partial charge is 0.493 e. The molecule has 6 nitrogen and oxygen atoms in total. The van der Waals surface area contributed by atoms with E-state index in [0.717, 1.165) is 5.56 Å². The van der Waals surface area contributed by atoms with Crippen LogP contribution in [0.15, 0.2) is 29.6 Å². The van der Waals surface area contributed by atoms with E-state index in [1.807, 2.05) is 6.92 Å². The summed E-state index contributed by atoms with van der Waals surface area (Å²) in [6.45, 7) is 1.86. The summed E-state index contributed by atoms with van der Waals surface area (Å²) in [5.74, 6) is 0.403. The zero-order chi connectivity index (χ0) is 14.9.